The van der Waals surface area contributed by atoms with E-state index in [1.807, 2.05) is 36.4 Å². The van der Waals surface area contributed by atoms with Crippen LogP contribution in [0.25, 0.3) is 0 Å². The lowest BCUT2D eigenvalue weighted by Crippen LogP contribution is -2.08. The molecule has 3 nitrogen and oxygen atoms in total. The van der Waals surface area contributed by atoms with Gasteiger partial charge in [-0.1, -0.05) is 49.0 Å². The molecule has 0 aliphatic rings. The van der Waals surface area contributed by atoms with E-state index in [1.54, 1.807) is 12.1 Å². The average molecular weight is 266 g/mol. The van der Waals surface area contributed by atoms with E-state index in [9.17, 15) is 9.59 Å². The Morgan fingerprint density at radius 1 is 1.10 bits per heavy atom. The van der Waals surface area contributed by atoms with Crippen molar-refractivity contribution in [2.45, 2.75) is 6.42 Å². The van der Waals surface area contributed by atoms with E-state index in [0.717, 1.165) is 17.2 Å². The van der Waals surface area contributed by atoms with Gasteiger partial charge >= 0.3 is 5.97 Å². The van der Waals surface area contributed by atoms with Crippen molar-refractivity contribution in [2.24, 2.45) is 0 Å². The maximum Gasteiger partial charge on any atom is 0.335 e. The van der Waals surface area contributed by atoms with E-state index >= 15 is 0 Å². The van der Waals surface area contributed by atoms with Crippen LogP contribution in [0.4, 0.5) is 0 Å². The minimum absolute atomic E-state index is 0.302. The number of benzene rings is 2. The molecule has 2 aromatic rings. The van der Waals surface area contributed by atoms with E-state index in [0.29, 0.717) is 24.0 Å². The molecule has 0 aliphatic heterocycles. The third-order valence-electron chi connectivity index (χ3n) is 2.86. The summed E-state index contributed by atoms with van der Waals surface area (Å²) in [5, 5.41) is 0. The van der Waals surface area contributed by atoms with Gasteiger partial charge in [0.2, 0.25) is 0 Å². The SMILES string of the molecule is C=CC(=O)Oc1c(C=O)cccc1Cc1ccccc1. The predicted octanol–water partition coefficient (Wildman–Crippen LogP) is 3.18. The Balaban J connectivity index is 2.38. The molecule has 0 radical (unpaired) electrons. The first-order valence-electron chi connectivity index (χ1n) is 6.20. The first-order valence-corrected chi connectivity index (χ1v) is 6.20. The van der Waals surface area contributed by atoms with Gasteiger partial charge in [-0.3, -0.25) is 4.79 Å². The van der Waals surface area contributed by atoms with Crippen molar-refractivity contribution in [3.8, 4) is 5.75 Å². The van der Waals surface area contributed by atoms with E-state index < -0.39 is 5.97 Å². The number of hydrogen-bond acceptors (Lipinski definition) is 3. The summed E-state index contributed by atoms with van der Waals surface area (Å²) < 4.78 is 5.20. The maximum absolute atomic E-state index is 11.4. The van der Waals surface area contributed by atoms with Gasteiger partial charge in [0.1, 0.15) is 5.75 Å². The first kappa shape index (κ1) is 13.7. The number of aldehydes is 1. The zero-order chi connectivity index (χ0) is 14.4. The Morgan fingerprint density at radius 3 is 2.50 bits per heavy atom. The highest BCUT2D eigenvalue weighted by Crippen LogP contribution is 2.25. The van der Waals surface area contributed by atoms with Crippen LogP contribution in [0.15, 0.2) is 61.2 Å². The predicted molar refractivity (Wildman–Crippen MR) is 76.9 cm³/mol. The third kappa shape index (κ3) is 3.20. The summed E-state index contributed by atoms with van der Waals surface area (Å²) in [6, 6.07) is 15.0. The van der Waals surface area contributed by atoms with Crippen molar-refractivity contribution in [3.05, 3.63) is 77.9 Å². The number of hydrogen-bond donors (Lipinski definition) is 0. The normalized spacial score (nSPS) is 9.80. The Bertz CT molecular complexity index is 630. The topological polar surface area (TPSA) is 43.4 Å². The second-order valence-electron chi connectivity index (χ2n) is 4.24. The molecule has 0 unspecified atom stereocenters. The van der Waals surface area contributed by atoms with Gasteiger partial charge in [0, 0.05) is 18.1 Å². The summed E-state index contributed by atoms with van der Waals surface area (Å²) >= 11 is 0. The van der Waals surface area contributed by atoms with Crippen LogP contribution in [0, 0.1) is 0 Å². The summed E-state index contributed by atoms with van der Waals surface area (Å²) in [6.45, 7) is 3.36. The van der Waals surface area contributed by atoms with Gasteiger partial charge in [0.25, 0.3) is 0 Å². The van der Waals surface area contributed by atoms with Crippen LogP contribution in [0.5, 0.6) is 5.75 Å². The quantitative estimate of drug-likeness (QED) is 0.361. The fourth-order valence-electron chi connectivity index (χ4n) is 1.92. The van der Waals surface area contributed by atoms with E-state index in [1.165, 1.54) is 0 Å². The molecule has 0 fully saturated rings. The summed E-state index contributed by atoms with van der Waals surface area (Å²) in [5.74, 6) is -0.273. The van der Waals surface area contributed by atoms with Gasteiger partial charge in [-0.25, -0.2) is 4.79 Å². The van der Waals surface area contributed by atoms with Gasteiger partial charge in [-0.15, -0.1) is 0 Å². The molecular formula is C17H14O3. The van der Waals surface area contributed by atoms with E-state index in [2.05, 4.69) is 6.58 Å². The largest absolute Gasteiger partial charge is 0.422 e. The molecule has 2 rings (SSSR count). The molecule has 0 saturated carbocycles. The highest BCUT2D eigenvalue weighted by molar-refractivity contribution is 5.87. The molecule has 0 N–H and O–H groups in total. The zero-order valence-electron chi connectivity index (χ0n) is 10.9. The second-order valence-corrected chi connectivity index (χ2v) is 4.24. The molecule has 0 aliphatic carbocycles. The molecule has 0 heterocycles. The summed E-state index contributed by atoms with van der Waals surface area (Å²) in [7, 11) is 0. The first-order chi connectivity index (χ1) is 9.74. The lowest BCUT2D eigenvalue weighted by Gasteiger charge is -2.11. The fourth-order valence-corrected chi connectivity index (χ4v) is 1.92. The van der Waals surface area contributed by atoms with Crippen LogP contribution in [0.3, 0.4) is 0 Å². The molecular weight excluding hydrogens is 252 g/mol. The molecule has 0 bridgehead atoms. The Morgan fingerprint density at radius 2 is 1.85 bits per heavy atom. The number of carbonyl (C=O) groups is 2. The van der Waals surface area contributed by atoms with Crippen molar-refractivity contribution >= 4 is 12.3 Å². The molecule has 2 aromatic carbocycles. The van der Waals surface area contributed by atoms with Gasteiger partial charge in [0.15, 0.2) is 6.29 Å². The molecule has 0 aromatic heterocycles. The van der Waals surface area contributed by atoms with Crippen LogP contribution >= 0.6 is 0 Å². The van der Waals surface area contributed by atoms with Crippen molar-refractivity contribution in [2.75, 3.05) is 0 Å². The number of rotatable bonds is 5. The molecule has 0 amide bonds. The van der Waals surface area contributed by atoms with Crippen LogP contribution in [-0.2, 0) is 11.2 Å². The number of para-hydroxylation sites is 1. The number of esters is 1. The lowest BCUT2D eigenvalue weighted by atomic mass is 10.0. The van der Waals surface area contributed by atoms with Crippen molar-refractivity contribution in [1.29, 1.82) is 0 Å². The molecule has 100 valence electrons. The van der Waals surface area contributed by atoms with Crippen molar-refractivity contribution in [1.82, 2.24) is 0 Å². The van der Waals surface area contributed by atoms with Gasteiger partial charge < -0.3 is 4.74 Å². The zero-order valence-corrected chi connectivity index (χ0v) is 10.9. The minimum Gasteiger partial charge on any atom is -0.422 e. The average Bonchev–Trinajstić information content (AvgIpc) is 2.49. The van der Waals surface area contributed by atoms with Gasteiger partial charge in [-0.05, 0) is 11.6 Å². The fraction of sp³-hybridized carbons (Fsp3) is 0.0588. The van der Waals surface area contributed by atoms with E-state index in [-0.39, 0.29) is 0 Å². The van der Waals surface area contributed by atoms with E-state index in [4.69, 9.17) is 4.74 Å². The van der Waals surface area contributed by atoms with Crippen LogP contribution < -0.4 is 4.74 Å². The van der Waals surface area contributed by atoms with Gasteiger partial charge in [0.05, 0.1) is 5.56 Å². The maximum atomic E-state index is 11.4. The Labute approximate surface area is 117 Å². The van der Waals surface area contributed by atoms with Crippen molar-refractivity contribution < 1.29 is 14.3 Å². The summed E-state index contributed by atoms with van der Waals surface area (Å²) in [6.07, 6.45) is 2.34. The monoisotopic (exact) mass is 266 g/mol. The molecule has 20 heavy (non-hydrogen) atoms. The van der Waals surface area contributed by atoms with Crippen LogP contribution in [0.2, 0.25) is 0 Å². The molecule has 3 heteroatoms. The molecule has 0 spiro atoms. The third-order valence-corrected chi connectivity index (χ3v) is 2.86. The highest BCUT2D eigenvalue weighted by atomic mass is 16.5. The summed E-state index contributed by atoms with van der Waals surface area (Å²) in [4.78, 5) is 22.5. The number of ether oxygens (including phenoxy) is 1. The molecule has 0 atom stereocenters. The highest BCUT2D eigenvalue weighted by Gasteiger charge is 2.12. The lowest BCUT2D eigenvalue weighted by molar-refractivity contribution is -0.129. The Kier molecular flexibility index (Phi) is 4.45. The molecule has 0 saturated heterocycles. The Hall–Kier alpha value is -2.68. The smallest absolute Gasteiger partial charge is 0.335 e. The van der Waals surface area contributed by atoms with Crippen LogP contribution in [-0.4, -0.2) is 12.3 Å². The van der Waals surface area contributed by atoms with Gasteiger partial charge in [-0.2, -0.15) is 0 Å². The number of carbonyl (C=O) groups excluding carboxylic acids is 2. The second kappa shape index (κ2) is 6.48. The van der Waals surface area contributed by atoms with Crippen LogP contribution in [0.1, 0.15) is 21.5 Å². The van der Waals surface area contributed by atoms with Crippen molar-refractivity contribution in [3.63, 3.8) is 0 Å². The summed E-state index contributed by atoms with van der Waals surface area (Å²) in [5.41, 5.74) is 2.22. The minimum atomic E-state index is -0.575. The standard InChI is InChI=1S/C17H14O3/c1-2-16(19)20-17-14(9-6-10-15(17)12-18)11-13-7-4-3-5-8-13/h2-10,12H,1,11H2.